The van der Waals surface area contributed by atoms with Gasteiger partial charge in [0.25, 0.3) is 0 Å². The topological polar surface area (TPSA) is 55.4 Å². The molecule has 114 valence electrons. The maximum atomic E-state index is 12.0. The number of rotatable bonds is 6. The summed E-state index contributed by atoms with van der Waals surface area (Å²) in [4.78, 5) is 0. The summed E-state index contributed by atoms with van der Waals surface area (Å²) in [5, 5.41) is 2.98. The molecular weight excluding hydrogens is 295 g/mol. The molecule has 0 radical (unpaired) electrons. The summed E-state index contributed by atoms with van der Waals surface area (Å²) in [5.74, 6) is -0.284. The lowest BCUT2D eigenvalue weighted by Gasteiger charge is -2.13. The van der Waals surface area contributed by atoms with Crippen LogP contribution < -0.4 is 10.1 Å². The van der Waals surface area contributed by atoms with Crippen molar-refractivity contribution >= 4 is 9.84 Å². The van der Waals surface area contributed by atoms with E-state index < -0.39 is 16.2 Å². The van der Waals surface area contributed by atoms with Gasteiger partial charge in [-0.05, 0) is 24.6 Å². The van der Waals surface area contributed by atoms with Gasteiger partial charge in [0.15, 0.2) is 0 Å². The van der Waals surface area contributed by atoms with Crippen LogP contribution in [0.25, 0.3) is 0 Å². The fraction of sp³-hybridized carbons (Fsp3) is 0.500. The fourth-order valence-electron chi connectivity index (χ4n) is 1.61. The molecule has 1 aromatic carbocycles. The van der Waals surface area contributed by atoms with E-state index in [1.807, 2.05) is 0 Å². The minimum Gasteiger partial charge on any atom is -0.406 e. The first kappa shape index (κ1) is 16.8. The molecule has 0 aliphatic carbocycles. The van der Waals surface area contributed by atoms with Crippen molar-refractivity contribution in [2.75, 3.05) is 12.0 Å². The van der Waals surface area contributed by atoms with Gasteiger partial charge in [-0.15, -0.1) is 13.2 Å². The van der Waals surface area contributed by atoms with Gasteiger partial charge in [-0.3, -0.25) is 0 Å². The number of nitrogens with one attached hydrogen (secondary N) is 1. The van der Waals surface area contributed by atoms with Crippen molar-refractivity contribution in [3.05, 3.63) is 29.8 Å². The van der Waals surface area contributed by atoms with Crippen molar-refractivity contribution in [2.24, 2.45) is 0 Å². The summed E-state index contributed by atoms with van der Waals surface area (Å²) in [6, 6.07) is 5.16. The second kappa shape index (κ2) is 6.45. The van der Waals surface area contributed by atoms with Crippen molar-refractivity contribution < 1.29 is 26.3 Å². The number of sulfone groups is 1. The van der Waals surface area contributed by atoms with Gasteiger partial charge in [-0.25, -0.2) is 8.42 Å². The molecular formula is C12H16F3NO3S. The highest BCUT2D eigenvalue weighted by molar-refractivity contribution is 7.90. The molecule has 1 atom stereocenters. The van der Waals surface area contributed by atoms with Gasteiger partial charge in [-0.1, -0.05) is 12.1 Å². The first-order valence-corrected chi connectivity index (χ1v) is 7.87. The summed E-state index contributed by atoms with van der Waals surface area (Å²) in [5.41, 5.74) is 0.736. The predicted octanol–water partition coefficient (Wildman–Crippen LogP) is 2.11. The first-order chi connectivity index (χ1) is 9.05. The molecule has 0 aliphatic heterocycles. The van der Waals surface area contributed by atoms with Crippen molar-refractivity contribution in [3.63, 3.8) is 0 Å². The average molecular weight is 311 g/mol. The molecule has 0 spiro atoms. The lowest BCUT2D eigenvalue weighted by atomic mass is 10.2. The zero-order valence-electron chi connectivity index (χ0n) is 11.1. The minimum atomic E-state index is -4.70. The van der Waals surface area contributed by atoms with Crippen LogP contribution in [0.5, 0.6) is 5.75 Å². The number of ether oxygens (including phenoxy) is 1. The van der Waals surface area contributed by atoms with E-state index in [4.69, 9.17) is 0 Å². The Morgan fingerprint density at radius 1 is 1.25 bits per heavy atom. The molecule has 0 aromatic heterocycles. The molecule has 1 aromatic rings. The van der Waals surface area contributed by atoms with Gasteiger partial charge in [0.2, 0.25) is 0 Å². The van der Waals surface area contributed by atoms with Crippen LogP contribution >= 0.6 is 0 Å². The van der Waals surface area contributed by atoms with Gasteiger partial charge in [0, 0.05) is 18.8 Å². The van der Waals surface area contributed by atoms with E-state index in [-0.39, 0.29) is 17.5 Å². The van der Waals surface area contributed by atoms with Crippen molar-refractivity contribution in [3.8, 4) is 5.75 Å². The molecule has 0 heterocycles. The number of benzene rings is 1. The van der Waals surface area contributed by atoms with Crippen LogP contribution in [0.15, 0.2) is 24.3 Å². The van der Waals surface area contributed by atoms with Gasteiger partial charge in [-0.2, -0.15) is 0 Å². The molecule has 8 heteroatoms. The SMILES string of the molecule is CC(CS(C)(=O)=O)NCc1ccc(OC(F)(F)F)cc1. The Balaban J connectivity index is 2.50. The Bertz CT molecular complexity index is 526. The van der Waals surface area contributed by atoms with Crippen LogP contribution in [-0.2, 0) is 16.4 Å². The van der Waals surface area contributed by atoms with Crippen molar-refractivity contribution in [1.29, 1.82) is 0 Å². The highest BCUT2D eigenvalue weighted by Crippen LogP contribution is 2.22. The van der Waals surface area contributed by atoms with Crippen LogP contribution in [-0.4, -0.2) is 32.8 Å². The molecule has 1 rings (SSSR count). The van der Waals surface area contributed by atoms with Crippen LogP contribution in [0.2, 0.25) is 0 Å². The predicted molar refractivity (Wildman–Crippen MR) is 69.1 cm³/mol. The van der Waals surface area contributed by atoms with Gasteiger partial charge in [0.05, 0.1) is 5.75 Å². The molecule has 4 nitrogen and oxygen atoms in total. The van der Waals surface area contributed by atoms with Crippen LogP contribution in [0.3, 0.4) is 0 Å². The van der Waals surface area contributed by atoms with Crippen LogP contribution in [0, 0.1) is 0 Å². The third-order valence-electron chi connectivity index (χ3n) is 2.36. The van der Waals surface area contributed by atoms with Crippen LogP contribution in [0.4, 0.5) is 13.2 Å². The van der Waals surface area contributed by atoms with Gasteiger partial charge in [0.1, 0.15) is 15.6 Å². The summed E-state index contributed by atoms with van der Waals surface area (Å²) in [6.07, 6.45) is -3.56. The fourth-order valence-corrected chi connectivity index (χ4v) is 2.64. The molecule has 0 saturated heterocycles. The second-order valence-electron chi connectivity index (χ2n) is 4.57. The first-order valence-electron chi connectivity index (χ1n) is 5.81. The Morgan fingerprint density at radius 3 is 2.25 bits per heavy atom. The van der Waals surface area contributed by atoms with Gasteiger partial charge < -0.3 is 10.1 Å². The van der Waals surface area contributed by atoms with E-state index in [0.29, 0.717) is 6.54 Å². The zero-order valence-corrected chi connectivity index (χ0v) is 11.9. The third-order valence-corrected chi connectivity index (χ3v) is 3.47. The summed E-state index contributed by atoms with van der Waals surface area (Å²) < 4.78 is 61.8. The van der Waals surface area contributed by atoms with Crippen molar-refractivity contribution in [1.82, 2.24) is 5.32 Å². The average Bonchev–Trinajstić information content (AvgIpc) is 2.23. The summed E-state index contributed by atoms with van der Waals surface area (Å²) in [6.45, 7) is 2.09. The number of hydrogen-bond donors (Lipinski definition) is 1. The number of hydrogen-bond acceptors (Lipinski definition) is 4. The molecule has 0 saturated carbocycles. The Labute approximate surface area is 115 Å². The van der Waals surface area contributed by atoms with E-state index in [0.717, 1.165) is 11.8 Å². The summed E-state index contributed by atoms with van der Waals surface area (Å²) >= 11 is 0. The Kier molecular flexibility index (Phi) is 5.41. The maximum absolute atomic E-state index is 12.0. The quantitative estimate of drug-likeness (QED) is 0.874. The summed E-state index contributed by atoms with van der Waals surface area (Å²) in [7, 11) is -3.06. The smallest absolute Gasteiger partial charge is 0.406 e. The third kappa shape index (κ3) is 7.34. The molecule has 1 unspecified atom stereocenters. The van der Waals surface area contributed by atoms with Crippen LogP contribution in [0.1, 0.15) is 12.5 Å². The normalized spacial score (nSPS) is 14.1. The Hall–Kier alpha value is -1.28. The Morgan fingerprint density at radius 2 is 1.80 bits per heavy atom. The standard InChI is InChI=1S/C12H16F3NO3S/c1-9(8-20(2,17)18)16-7-10-3-5-11(6-4-10)19-12(13,14)15/h3-6,9,16H,7-8H2,1-2H3. The molecule has 20 heavy (non-hydrogen) atoms. The lowest BCUT2D eigenvalue weighted by molar-refractivity contribution is -0.274. The molecule has 0 bridgehead atoms. The maximum Gasteiger partial charge on any atom is 0.573 e. The van der Waals surface area contributed by atoms with E-state index in [1.165, 1.54) is 24.3 Å². The molecule has 1 N–H and O–H groups in total. The zero-order chi connectivity index (χ0) is 15.4. The minimum absolute atomic E-state index is 0.00225. The van der Waals surface area contributed by atoms with E-state index in [2.05, 4.69) is 10.1 Å². The highest BCUT2D eigenvalue weighted by Gasteiger charge is 2.30. The number of alkyl halides is 3. The number of halogens is 3. The van der Waals surface area contributed by atoms with E-state index in [9.17, 15) is 21.6 Å². The van der Waals surface area contributed by atoms with E-state index in [1.54, 1.807) is 6.92 Å². The molecule has 0 fully saturated rings. The highest BCUT2D eigenvalue weighted by atomic mass is 32.2. The molecule has 0 aliphatic rings. The van der Waals surface area contributed by atoms with Gasteiger partial charge >= 0.3 is 6.36 Å². The molecule has 0 amide bonds. The second-order valence-corrected chi connectivity index (χ2v) is 6.75. The largest absolute Gasteiger partial charge is 0.573 e. The monoisotopic (exact) mass is 311 g/mol. The van der Waals surface area contributed by atoms with E-state index >= 15 is 0 Å². The van der Waals surface area contributed by atoms with Crippen molar-refractivity contribution in [2.45, 2.75) is 25.9 Å². The lowest BCUT2D eigenvalue weighted by Crippen LogP contribution is -2.32.